The zero-order valence-electron chi connectivity index (χ0n) is 13.1. The lowest BCUT2D eigenvalue weighted by atomic mass is 9.79. The van der Waals surface area contributed by atoms with Crippen molar-refractivity contribution in [3.8, 4) is 0 Å². The van der Waals surface area contributed by atoms with Crippen molar-refractivity contribution in [2.75, 3.05) is 66.1 Å². The average Bonchev–Trinajstić information content (AvgIpc) is 3.26. The molecule has 0 unspecified atom stereocenters. The topological polar surface area (TPSA) is 27.7 Å². The van der Waals surface area contributed by atoms with Gasteiger partial charge in [-0.2, -0.15) is 0 Å². The summed E-state index contributed by atoms with van der Waals surface area (Å²) in [5.41, 5.74) is 0.401. The van der Waals surface area contributed by atoms with Crippen LogP contribution in [-0.2, 0) is 4.74 Å². The first-order valence-electron chi connectivity index (χ1n) is 8.44. The van der Waals surface area contributed by atoms with E-state index in [1.807, 2.05) is 7.11 Å². The lowest BCUT2D eigenvalue weighted by Crippen LogP contribution is -2.53. The Labute approximate surface area is 123 Å². The van der Waals surface area contributed by atoms with Crippen LogP contribution in [-0.4, -0.2) is 75.9 Å². The van der Waals surface area contributed by atoms with Crippen molar-refractivity contribution in [1.82, 2.24) is 15.1 Å². The summed E-state index contributed by atoms with van der Waals surface area (Å²) in [7, 11) is 1.86. The predicted octanol–water partition coefficient (Wildman–Crippen LogP) is 1.03. The molecule has 0 bridgehead atoms. The molecule has 3 fully saturated rings. The first-order valence-corrected chi connectivity index (χ1v) is 8.44. The number of piperazine rings is 1. The van der Waals surface area contributed by atoms with Gasteiger partial charge < -0.3 is 19.9 Å². The molecule has 2 aliphatic heterocycles. The van der Waals surface area contributed by atoms with E-state index in [1.165, 1.54) is 65.0 Å². The Balaban J connectivity index is 1.46. The van der Waals surface area contributed by atoms with Crippen LogP contribution in [0.1, 0.15) is 25.7 Å². The third-order valence-electron chi connectivity index (χ3n) is 5.35. The van der Waals surface area contributed by atoms with Gasteiger partial charge >= 0.3 is 0 Å². The fraction of sp³-hybridized carbons (Fsp3) is 1.00. The second-order valence-electron chi connectivity index (χ2n) is 7.20. The van der Waals surface area contributed by atoms with Gasteiger partial charge in [-0.05, 0) is 44.7 Å². The second-order valence-corrected chi connectivity index (χ2v) is 7.20. The van der Waals surface area contributed by atoms with Gasteiger partial charge in [-0.25, -0.2) is 0 Å². The van der Waals surface area contributed by atoms with Crippen molar-refractivity contribution >= 4 is 0 Å². The summed E-state index contributed by atoms with van der Waals surface area (Å²) in [6, 6.07) is 0. The minimum atomic E-state index is 0.401. The molecule has 1 N–H and O–H groups in total. The lowest BCUT2D eigenvalue weighted by Gasteiger charge is -2.43. The third kappa shape index (κ3) is 3.94. The number of hydrogen-bond donors (Lipinski definition) is 1. The average molecular weight is 281 g/mol. The van der Waals surface area contributed by atoms with Gasteiger partial charge in [0, 0.05) is 51.8 Å². The maximum Gasteiger partial charge on any atom is 0.0531 e. The normalized spacial score (nSPS) is 28.6. The Hall–Kier alpha value is -0.160. The van der Waals surface area contributed by atoms with Gasteiger partial charge in [0.1, 0.15) is 0 Å². The van der Waals surface area contributed by atoms with Gasteiger partial charge in [-0.1, -0.05) is 0 Å². The minimum Gasteiger partial charge on any atom is -0.384 e. The zero-order valence-corrected chi connectivity index (χ0v) is 13.1. The molecule has 0 aromatic heterocycles. The van der Waals surface area contributed by atoms with E-state index in [-0.39, 0.29) is 0 Å². The number of ether oxygens (including phenoxy) is 1. The van der Waals surface area contributed by atoms with Gasteiger partial charge in [-0.15, -0.1) is 0 Å². The SMILES string of the molecule is COCC1(CN2CCN(CC3CC3)CC2)CCNCC1. The number of piperidine rings is 1. The van der Waals surface area contributed by atoms with Crippen LogP contribution in [0.3, 0.4) is 0 Å². The molecule has 1 saturated carbocycles. The van der Waals surface area contributed by atoms with Gasteiger partial charge in [-0.3, -0.25) is 0 Å². The van der Waals surface area contributed by atoms with Crippen LogP contribution >= 0.6 is 0 Å². The molecule has 0 atom stereocenters. The van der Waals surface area contributed by atoms with Crippen LogP contribution in [0.2, 0.25) is 0 Å². The summed E-state index contributed by atoms with van der Waals surface area (Å²) in [6.45, 7) is 10.9. The Kier molecular flexibility index (Phi) is 4.97. The van der Waals surface area contributed by atoms with Crippen LogP contribution in [0, 0.1) is 11.3 Å². The molecule has 0 spiro atoms. The summed E-state index contributed by atoms with van der Waals surface area (Å²) >= 11 is 0. The molecule has 4 heteroatoms. The van der Waals surface area contributed by atoms with Crippen molar-refractivity contribution in [2.24, 2.45) is 11.3 Å². The third-order valence-corrected chi connectivity index (χ3v) is 5.35. The van der Waals surface area contributed by atoms with E-state index >= 15 is 0 Å². The molecule has 0 radical (unpaired) electrons. The van der Waals surface area contributed by atoms with Gasteiger partial charge in [0.2, 0.25) is 0 Å². The largest absolute Gasteiger partial charge is 0.384 e. The van der Waals surface area contributed by atoms with E-state index < -0.39 is 0 Å². The molecular formula is C16H31N3O. The van der Waals surface area contributed by atoms with E-state index in [0.29, 0.717) is 5.41 Å². The van der Waals surface area contributed by atoms with Crippen molar-refractivity contribution in [2.45, 2.75) is 25.7 Å². The van der Waals surface area contributed by atoms with Crippen molar-refractivity contribution in [3.63, 3.8) is 0 Å². The number of nitrogens with zero attached hydrogens (tertiary/aromatic N) is 2. The smallest absolute Gasteiger partial charge is 0.0531 e. The molecule has 0 amide bonds. The Morgan fingerprint density at radius 3 is 2.30 bits per heavy atom. The van der Waals surface area contributed by atoms with E-state index in [0.717, 1.165) is 25.6 Å². The molecule has 116 valence electrons. The molecule has 3 rings (SSSR count). The maximum absolute atomic E-state index is 5.54. The highest BCUT2D eigenvalue weighted by atomic mass is 16.5. The summed E-state index contributed by atoms with van der Waals surface area (Å²) in [4.78, 5) is 5.37. The molecule has 1 aliphatic carbocycles. The summed E-state index contributed by atoms with van der Waals surface area (Å²) in [5, 5.41) is 3.49. The summed E-state index contributed by atoms with van der Waals surface area (Å²) in [6.07, 6.45) is 5.49. The van der Waals surface area contributed by atoms with E-state index in [4.69, 9.17) is 4.74 Å². The van der Waals surface area contributed by atoms with Gasteiger partial charge in [0.15, 0.2) is 0 Å². The molecule has 0 aromatic carbocycles. The standard InChI is InChI=1S/C16H31N3O/c1-20-14-16(4-6-17-7-5-16)13-19-10-8-18(9-11-19)12-15-2-3-15/h15,17H,2-14H2,1H3. The predicted molar refractivity (Wildman–Crippen MR) is 82.0 cm³/mol. The Bertz CT molecular complexity index is 287. The molecule has 20 heavy (non-hydrogen) atoms. The first-order chi connectivity index (χ1) is 9.80. The monoisotopic (exact) mass is 281 g/mol. The van der Waals surface area contributed by atoms with E-state index in [1.54, 1.807) is 0 Å². The van der Waals surface area contributed by atoms with Gasteiger partial charge in [0.05, 0.1) is 6.61 Å². The highest BCUT2D eigenvalue weighted by molar-refractivity contribution is 4.89. The van der Waals surface area contributed by atoms with Crippen molar-refractivity contribution < 1.29 is 4.74 Å². The van der Waals surface area contributed by atoms with E-state index in [2.05, 4.69) is 15.1 Å². The summed E-state index contributed by atoms with van der Waals surface area (Å²) in [5.74, 6) is 1.03. The zero-order chi connectivity index (χ0) is 13.8. The lowest BCUT2D eigenvalue weighted by molar-refractivity contribution is 0.00812. The Morgan fingerprint density at radius 2 is 1.70 bits per heavy atom. The maximum atomic E-state index is 5.54. The van der Waals surface area contributed by atoms with Crippen molar-refractivity contribution in [3.05, 3.63) is 0 Å². The highest BCUT2D eigenvalue weighted by Gasteiger charge is 2.35. The Morgan fingerprint density at radius 1 is 1.05 bits per heavy atom. The molecule has 2 saturated heterocycles. The number of nitrogens with one attached hydrogen (secondary N) is 1. The molecule has 4 nitrogen and oxygen atoms in total. The van der Waals surface area contributed by atoms with E-state index in [9.17, 15) is 0 Å². The van der Waals surface area contributed by atoms with Crippen LogP contribution in [0.15, 0.2) is 0 Å². The van der Waals surface area contributed by atoms with Gasteiger partial charge in [0.25, 0.3) is 0 Å². The van der Waals surface area contributed by atoms with Crippen LogP contribution < -0.4 is 5.32 Å². The molecule has 2 heterocycles. The summed E-state index contributed by atoms with van der Waals surface area (Å²) < 4.78 is 5.54. The minimum absolute atomic E-state index is 0.401. The number of rotatable bonds is 6. The molecular weight excluding hydrogens is 250 g/mol. The fourth-order valence-corrected chi connectivity index (χ4v) is 3.88. The molecule has 3 aliphatic rings. The van der Waals surface area contributed by atoms with Crippen LogP contribution in [0.25, 0.3) is 0 Å². The van der Waals surface area contributed by atoms with Crippen LogP contribution in [0.5, 0.6) is 0 Å². The quantitative estimate of drug-likeness (QED) is 0.787. The second kappa shape index (κ2) is 6.73. The fourth-order valence-electron chi connectivity index (χ4n) is 3.88. The van der Waals surface area contributed by atoms with Crippen molar-refractivity contribution in [1.29, 1.82) is 0 Å². The highest BCUT2D eigenvalue weighted by Crippen LogP contribution is 2.32. The number of methoxy groups -OCH3 is 1. The number of hydrogen-bond acceptors (Lipinski definition) is 4. The van der Waals surface area contributed by atoms with Crippen LogP contribution in [0.4, 0.5) is 0 Å². The first kappa shape index (κ1) is 14.8. The molecule has 0 aromatic rings.